The number of hydrogen-bond donors (Lipinski definition) is 1. The van der Waals surface area contributed by atoms with Gasteiger partial charge in [-0.25, -0.2) is 13.6 Å². The van der Waals surface area contributed by atoms with Crippen molar-refractivity contribution in [2.75, 3.05) is 0 Å². The fourth-order valence-electron chi connectivity index (χ4n) is 1.36. The van der Waals surface area contributed by atoms with Crippen LogP contribution in [0.2, 0.25) is 0 Å². The first-order valence-corrected chi connectivity index (χ1v) is 7.64. The van der Waals surface area contributed by atoms with Crippen LogP contribution < -0.4 is 9.88 Å². The Morgan fingerprint density at radius 1 is 1.06 bits per heavy atom. The Morgan fingerprint density at radius 3 is 2.28 bits per heavy atom. The van der Waals surface area contributed by atoms with Crippen molar-refractivity contribution < 1.29 is 13.2 Å². The maximum atomic E-state index is 11.2. The molecule has 0 heterocycles. The number of para-hydroxylation sites is 1. The topological polar surface area (TPSA) is 69.4 Å². The number of ether oxygens (including phenoxy) is 1. The van der Waals surface area contributed by atoms with Gasteiger partial charge in [0.2, 0.25) is 10.0 Å². The second-order valence-corrected chi connectivity index (χ2v) is 6.28. The number of rotatable bonds is 3. The largest absolute Gasteiger partial charge is 0.456 e. The van der Waals surface area contributed by atoms with Gasteiger partial charge < -0.3 is 4.74 Å². The quantitative estimate of drug-likeness (QED) is 0.839. The second kappa shape index (κ2) is 5.25. The number of primary sulfonamides is 1. The van der Waals surface area contributed by atoms with E-state index in [4.69, 9.17) is 9.88 Å². The zero-order valence-electron chi connectivity index (χ0n) is 9.21. The van der Waals surface area contributed by atoms with E-state index in [1.54, 1.807) is 6.07 Å². The number of benzene rings is 2. The van der Waals surface area contributed by atoms with Gasteiger partial charge in [-0.15, -0.1) is 0 Å². The Hall–Kier alpha value is -1.12. The van der Waals surface area contributed by atoms with E-state index in [0.29, 0.717) is 15.1 Å². The fourth-order valence-corrected chi connectivity index (χ4v) is 2.73. The molecule has 2 rings (SSSR count). The minimum Gasteiger partial charge on any atom is -0.456 e. The highest BCUT2D eigenvalue weighted by Crippen LogP contribution is 2.28. The number of hydrogen-bond acceptors (Lipinski definition) is 3. The molecule has 0 spiro atoms. The number of nitrogens with two attached hydrogens (primary N) is 1. The van der Waals surface area contributed by atoms with Gasteiger partial charge >= 0.3 is 0 Å². The summed E-state index contributed by atoms with van der Waals surface area (Å²) in [6.07, 6.45) is 0. The molecule has 94 valence electrons. The van der Waals surface area contributed by atoms with Crippen LogP contribution in [0.5, 0.6) is 11.5 Å². The van der Waals surface area contributed by atoms with Crippen LogP contribution in [0.1, 0.15) is 0 Å². The summed E-state index contributed by atoms with van der Waals surface area (Å²) in [7, 11) is -3.68. The molecule has 0 bridgehead atoms. The van der Waals surface area contributed by atoms with Gasteiger partial charge in [0.25, 0.3) is 0 Å². The molecule has 0 aliphatic heterocycles. The lowest BCUT2D eigenvalue weighted by Crippen LogP contribution is -2.12. The summed E-state index contributed by atoms with van der Waals surface area (Å²) in [5.41, 5.74) is 0. The van der Waals surface area contributed by atoms with Crippen molar-refractivity contribution in [1.82, 2.24) is 0 Å². The molecule has 0 unspecified atom stereocenters. The molecule has 2 aromatic rings. The molecule has 2 aromatic carbocycles. The van der Waals surface area contributed by atoms with Gasteiger partial charge in [0, 0.05) is 0 Å². The smallest absolute Gasteiger partial charge is 0.238 e. The minimum absolute atomic E-state index is 0.0762. The third-order valence-corrected chi connectivity index (χ3v) is 3.96. The van der Waals surface area contributed by atoms with Gasteiger partial charge in [0.1, 0.15) is 11.5 Å². The SMILES string of the molecule is NS(=O)(=O)c1ccc(Oc2ccccc2)c(I)c1. The maximum absolute atomic E-state index is 11.2. The monoisotopic (exact) mass is 375 g/mol. The van der Waals surface area contributed by atoms with Crippen molar-refractivity contribution in [3.63, 3.8) is 0 Å². The number of sulfonamides is 1. The normalized spacial score (nSPS) is 11.2. The van der Waals surface area contributed by atoms with Gasteiger partial charge in [-0.1, -0.05) is 18.2 Å². The predicted octanol–water partition coefficient (Wildman–Crippen LogP) is 2.73. The summed E-state index contributed by atoms with van der Waals surface area (Å²) in [4.78, 5) is 0.0762. The summed E-state index contributed by atoms with van der Waals surface area (Å²) in [5, 5.41) is 5.06. The van der Waals surface area contributed by atoms with Gasteiger partial charge in [-0.05, 0) is 52.9 Å². The molecule has 4 nitrogen and oxygen atoms in total. The van der Waals surface area contributed by atoms with Crippen LogP contribution in [0.25, 0.3) is 0 Å². The average Bonchev–Trinajstić information content (AvgIpc) is 2.32. The van der Waals surface area contributed by atoms with Crippen molar-refractivity contribution in [3.8, 4) is 11.5 Å². The van der Waals surface area contributed by atoms with E-state index < -0.39 is 10.0 Å². The lowest BCUT2D eigenvalue weighted by Gasteiger charge is -2.08. The molecular formula is C12H10INO3S. The van der Waals surface area contributed by atoms with Crippen molar-refractivity contribution in [2.45, 2.75) is 4.90 Å². The third-order valence-electron chi connectivity index (χ3n) is 2.20. The molecule has 0 fully saturated rings. The minimum atomic E-state index is -3.68. The Kier molecular flexibility index (Phi) is 3.88. The van der Waals surface area contributed by atoms with E-state index in [9.17, 15) is 8.42 Å². The molecule has 0 aromatic heterocycles. The van der Waals surface area contributed by atoms with E-state index in [1.807, 2.05) is 52.9 Å². The molecule has 2 N–H and O–H groups in total. The molecule has 0 aliphatic carbocycles. The Morgan fingerprint density at radius 2 is 1.72 bits per heavy atom. The van der Waals surface area contributed by atoms with Crippen molar-refractivity contribution in [2.24, 2.45) is 5.14 Å². The van der Waals surface area contributed by atoms with Crippen molar-refractivity contribution in [1.29, 1.82) is 0 Å². The molecule has 0 radical (unpaired) electrons. The molecule has 0 amide bonds. The zero-order chi connectivity index (χ0) is 13.2. The van der Waals surface area contributed by atoms with Gasteiger partial charge in [0.15, 0.2) is 0 Å². The molecule has 6 heteroatoms. The lowest BCUT2D eigenvalue weighted by atomic mass is 10.3. The number of halogens is 1. The highest BCUT2D eigenvalue weighted by Gasteiger charge is 2.11. The molecule has 0 saturated carbocycles. The standard InChI is InChI=1S/C12H10INO3S/c13-11-8-10(18(14,15)16)6-7-12(11)17-9-4-2-1-3-5-9/h1-8H,(H2,14,15,16). The first-order valence-electron chi connectivity index (χ1n) is 5.02. The lowest BCUT2D eigenvalue weighted by molar-refractivity contribution is 0.478. The molecule has 0 atom stereocenters. The van der Waals surface area contributed by atoms with Crippen LogP contribution in [-0.4, -0.2) is 8.42 Å². The highest BCUT2D eigenvalue weighted by atomic mass is 127. The van der Waals surface area contributed by atoms with E-state index in [2.05, 4.69) is 0 Å². The van der Waals surface area contributed by atoms with Crippen LogP contribution in [-0.2, 0) is 10.0 Å². The molecular weight excluding hydrogens is 365 g/mol. The molecule has 18 heavy (non-hydrogen) atoms. The van der Waals surface area contributed by atoms with Crippen LogP contribution in [0.3, 0.4) is 0 Å². The van der Waals surface area contributed by atoms with E-state index in [-0.39, 0.29) is 4.90 Å². The van der Waals surface area contributed by atoms with E-state index in [0.717, 1.165) is 0 Å². The van der Waals surface area contributed by atoms with Gasteiger partial charge in [0.05, 0.1) is 8.47 Å². The van der Waals surface area contributed by atoms with Gasteiger partial charge in [-0.2, -0.15) is 0 Å². The van der Waals surface area contributed by atoms with E-state index in [1.165, 1.54) is 12.1 Å². The predicted molar refractivity (Wildman–Crippen MR) is 77.0 cm³/mol. The van der Waals surface area contributed by atoms with E-state index >= 15 is 0 Å². The Labute approximate surface area is 119 Å². The van der Waals surface area contributed by atoms with Crippen molar-refractivity contribution in [3.05, 3.63) is 52.1 Å². The van der Waals surface area contributed by atoms with Crippen LogP contribution in [0, 0.1) is 3.57 Å². The highest BCUT2D eigenvalue weighted by molar-refractivity contribution is 14.1. The molecule has 0 aliphatic rings. The van der Waals surface area contributed by atoms with Gasteiger partial charge in [-0.3, -0.25) is 0 Å². The first kappa shape index (κ1) is 13.3. The molecule has 0 saturated heterocycles. The van der Waals surface area contributed by atoms with Crippen molar-refractivity contribution >= 4 is 32.6 Å². The first-order chi connectivity index (χ1) is 8.47. The summed E-state index contributed by atoms with van der Waals surface area (Å²) in [5.74, 6) is 1.29. The summed E-state index contributed by atoms with van der Waals surface area (Å²) < 4.78 is 28.7. The third kappa shape index (κ3) is 3.21. The Balaban J connectivity index is 2.32. The fraction of sp³-hybridized carbons (Fsp3) is 0. The van der Waals surface area contributed by atoms with Crippen LogP contribution in [0.4, 0.5) is 0 Å². The average molecular weight is 375 g/mol. The summed E-state index contributed by atoms with van der Waals surface area (Å²) >= 11 is 2.01. The summed E-state index contributed by atoms with van der Waals surface area (Å²) in [6, 6.07) is 13.8. The Bertz CT molecular complexity index is 656. The van der Waals surface area contributed by atoms with Crippen LogP contribution >= 0.6 is 22.6 Å². The maximum Gasteiger partial charge on any atom is 0.238 e. The summed E-state index contributed by atoms with van der Waals surface area (Å²) in [6.45, 7) is 0. The second-order valence-electron chi connectivity index (χ2n) is 3.55. The van der Waals surface area contributed by atoms with Crippen LogP contribution in [0.15, 0.2) is 53.4 Å². The zero-order valence-corrected chi connectivity index (χ0v) is 12.2.